The van der Waals surface area contributed by atoms with Crippen LogP contribution in [0.2, 0.25) is 0 Å². The van der Waals surface area contributed by atoms with Gasteiger partial charge < -0.3 is 5.11 Å². The van der Waals surface area contributed by atoms with Gasteiger partial charge in [0, 0.05) is 39.7 Å². The number of para-hydroxylation sites is 1. The van der Waals surface area contributed by atoms with Gasteiger partial charge in [0.15, 0.2) is 0 Å². The summed E-state index contributed by atoms with van der Waals surface area (Å²) in [4.78, 5) is 4.76. The van der Waals surface area contributed by atoms with E-state index in [1.807, 2.05) is 12.3 Å². The van der Waals surface area contributed by atoms with Crippen molar-refractivity contribution in [2.45, 2.75) is 39.3 Å². The molecule has 1 aliphatic heterocycles. The van der Waals surface area contributed by atoms with Gasteiger partial charge in [0.1, 0.15) is 11.5 Å². The van der Waals surface area contributed by atoms with Crippen molar-refractivity contribution >= 4 is 11.3 Å². The highest BCUT2D eigenvalue weighted by molar-refractivity contribution is 7.12. The van der Waals surface area contributed by atoms with Crippen molar-refractivity contribution in [3.05, 3.63) is 57.7 Å². The van der Waals surface area contributed by atoms with Gasteiger partial charge in [-0.05, 0) is 51.4 Å². The molecule has 2 aromatic heterocycles. The third-order valence-electron chi connectivity index (χ3n) is 5.27. The molecule has 6 heteroatoms. The molecule has 27 heavy (non-hydrogen) atoms. The van der Waals surface area contributed by atoms with Crippen LogP contribution in [0, 0.1) is 19.7 Å². The lowest BCUT2D eigenvalue weighted by Gasteiger charge is -2.22. The van der Waals surface area contributed by atoms with Crippen LogP contribution >= 0.6 is 11.3 Å². The summed E-state index contributed by atoms with van der Waals surface area (Å²) in [6.45, 7) is 6.05. The quantitative estimate of drug-likeness (QED) is 0.711. The third kappa shape index (κ3) is 3.57. The van der Waals surface area contributed by atoms with Crippen LogP contribution in [-0.4, -0.2) is 39.0 Å². The number of benzene rings is 1. The average molecular weight is 386 g/mol. The first kappa shape index (κ1) is 18.3. The van der Waals surface area contributed by atoms with E-state index in [1.54, 1.807) is 28.2 Å². The third-order valence-corrected chi connectivity index (χ3v) is 6.23. The Morgan fingerprint density at radius 3 is 2.81 bits per heavy atom. The van der Waals surface area contributed by atoms with E-state index in [2.05, 4.69) is 24.8 Å². The van der Waals surface area contributed by atoms with Crippen molar-refractivity contribution in [3.63, 3.8) is 0 Å². The normalized spacial score (nSPS) is 17.7. The van der Waals surface area contributed by atoms with E-state index in [0.29, 0.717) is 12.2 Å². The Kier molecular flexibility index (Phi) is 5.12. The highest BCUT2D eigenvalue weighted by atomic mass is 32.1. The highest BCUT2D eigenvalue weighted by Crippen LogP contribution is 2.34. The maximum Gasteiger partial charge on any atom is 0.148 e. The number of thiophene rings is 1. The first-order chi connectivity index (χ1) is 13.1. The van der Waals surface area contributed by atoms with E-state index in [1.165, 1.54) is 15.8 Å². The predicted molar refractivity (Wildman–Crippen MR) is 107 cm³/mol. The fourth-order valence-corrected chi connectivity index (χ4v) is 4.83. The first-order valence-electron chi connectivity index (χ1n) is 9.32. The lowest BCUT2D eigenvalue weighted by molar-refractivity contribution is 0.154. The van der Waals surface area contributed by atoms with Gasteiger partial charge in [0.2, 0.25) is 0 Å². The Hall–Kier alpha value is -2.02. The average Bonchev–Trinajstić information content (AvgIpc) is 3.34. The zero-order valence-electron chi connectivity index (χ0n) is 15.7. The topological polar surface area (TPSA) is 41.3 Å². The monoisotopic (exact) mass is 385 g/mol. The van der Waals surface area contributed by atoms with E-state index >= 15 is 0 Å². The summed E-state index contributed by atoms with van der Waals surface area (Å²) >= 11 is 1.75. The number of hydrogen-bond donors (Lipinski definition) is 1. The van der Waals surface area contributed by atoms with Gasteiger partial charge in [-0.25, -0.2) is 9.07 Å². The summed E-state index contributed by atoms with van der Waals surface area (Å²) in [7, 11) is 0. The molecule has 0 amide bonds. The van der Waals surface area contributed by atoms with Gasteiger partial charge in [0.25, 0.3) is 0 Å². The minimum absolute atomic E-state index is 0.174. The number of nitrogens with zero attached hydrogens (tertiary/aromatic N) is 3. The summed E-state index contributed by atoms with van der Waals surface area (Å²) in [5.74, 6) is -0.286. The second-order valence-electron chi connectivity index (χ2n) is 7.17. The minimum atomic E-state index is -0.286. The molecule has 1 saturated heterocycles. The van der Waals surface area contributed by atoms with E-state index in [4.69, 9.17) is 5.10 Å². The minimum Gasteiger partial charge on any atom is -0.395 e. The molecule has 3 heterocycles. The molecule has 142 valence electrons. The lowest BCUT2D eigenvalue weighted by atomic mass is 10.1. The molecule has 1 aromatic carbocycles. The van der Waals surface area contributed by atoms with Crippen molar-refractivity contribution < 1.29 is 9.50 Å². The largest absolute Gasteiger partial charge is 0.395 e. The Morgan fingerprint density at radius 1 is 1.30 bits per heavy atom. The van der Waals surface area contributed by atoms with Crippen molar-refractivity contribution in [3.8, 4) is 16.9 Å². The molecule has 1 fully saturated rings. The number of aliphatic hydroxyl groups is 1. The Bertz CT molecular complexity index is 949. The number of rotatable bonds is 5. The van der Waals surface area contributed by atoms with Gasteiger partial charge in [-0.3, -0.25) is 4.90 Å². The number of hydrogen-bond acceptors (Lipinski definition) is 4. The van der Waals surface area contributed by atoms with E-state index in [-0.39, 0.29) is 18.5 Å². The van der Waals surface area contributed by atoms with Crippen molar-refractivity contribution in [2.24, 2.45) is 0 Å². The van der Waals surface area contributed by atoms with Gasteiger partial charge >= 0.3 is 0 Å². The molecular formula is C21H24FN3OS. The van der Waals surface area contributed by atoms with Crippen LogP contribution in [0.3, 0.4) is 0 Å². The van der Waals surface area contributed by atoms with Crippen molar-refractivity contribution in [2.75, 3.05) is 13.2 Å². The summed E-state index contributed by atoms with van der Waals surface area (Å²) in [5.41, 5.74) is 3.54. The SMILES string of the molecule is Cc1cc(-c2nn(-c3ccccc3F)cc2CN2CCC[C@H]2CO)c(C)s1. The Labute approximate surface area is 162 Å². The summed E-state index contributed by atoms with van der Waals surface area (Å²) in [5, 5.41) is 14.4. The zero-order valence-corrected chi connectivity index (χ0v) is 16.5. The van der Waals surface area contributed by atoms with E-state index < -0.39 is 0 Å². The van der Waals surface area contributed by atoms with Crippen molar-refractivity contribution in [1.29, 1.82) is 0 Å². The Balaban J connectivity index is 1.78. The number of likely N-dealkylation sites (tertiary alicyclic amines) is 1. The second kappa shape index (κ2) is 7.54. The van der Waals surface area contributed by atoms with Gasteiger partial charge in [0.05, 0.1) is 12.3 Å². The van der Waals surface area contributed by atoms with Gasteiger partial charge in [-0.15, -0.1) is 11.3 Å². The van der Waals surface area contributed by atoms with Crippen LogP contribution in [0.4, 0.5) is 4.39 Å². The van der Waals surface area contributed by atoms with Crippen LogP contribution < -0.4 is 0 Å². The maximum absolute atomic E-state index is 14.3. The summed E-state index contributed by atoms with van der Waals surface area (Å²) < 4.78 is 16.0. The molecular weight excluding hydrogens is 361 g/mol. The maximum atomic E-state index is 14.3. The molecule has 0 bridgehead atoms. The fourth-order valence-electron chi connectivity index (χ4n) is 3.91. The molecule has 3 aromatic rings. The number of aliphatic hydroxyl groups excluding tert-OH is 1. The summed E-state index contributed by atoms with van der Waals surface area (Å²) in [6.07, 6.45) is 4.05. The molecule has 4 rings (SSSR count). The standard InChI is InChI=1S/C21H24FN3OS/c1-14-10-18(15(2)27-14)21-16(11-24-9-5-6-17(24)13-26)12-25(23-21)20-8-4-3-7-19(20)22/h3-4,7-8,10,12,17,26H,5-6,9,11,13H2,1-2H3/t17-/m0/s1. The molecule has 0 unspecified atom stereocenters. The molecule has 0 aliphatic carbocycles. The molecule has 0 spiro atoms. The second-order valence-corrected chi connectivity index (χ2v) is 8.64. The lowest BCUT2D eigenvalue weighted by Crippen LogP contribution is -2.31. The number of aryl methyl sites for hydroxylation is 2. The smallest absolute Gasteiger partial charge is 0.148 e. The van der Waals surface area contributed by atoms with E-state index in [0.717, 1.165) is 36.2 Å². The zero-order chi connectivity index (χ0) is 19.0. The van der Waals surface area contributed by atoms with Crippen LogP contribution in [-0.2, 0) is 6.54 Å². The number of aromatic nitrogens is 2. The van der Waals surface area contributed by atoms with Crippen LogP contribution in [0.1, 0.15) is 28.2 Å². The van der Waals surface area contributed by atoms with Crippen LogP contribution in [0.15, 0.2) is 36.5 Å². The number of halogens is 1. The predicted octanol–water partition coefficient (Wildman–Crippen LogP) is 4.31. The molecule has 0 saturated carbocycles. The molecule has 0 radical (unpaired) electrons. The van der Waals surface area contributed by atoms with Crippen LogP contribution in [0.25, 0.3) is 16.9 Å². The first-order valence-corrected chi connectivity index (χ1v) is 10.1. The van der Waals surface area contributed by atoms with Crippen LogP contribution in [0.5, 0.6) is 0 Å². The molecule has 1 atom stereocenters. The van der Waals surface area contributed by atoms with Crippen molar-refractivity contribution in [1.82, 2.24) is 14.7 Å². The van der Waals surface area contributed by atoms with E-state index in [9.17, 15) is 9.50 Å². The fraction of sp³-hybridized carbons (Fsp3) is 0.381. The molecule has 1 aliphatic rings. The van der Waals surface area contributed by atoms with Gasteiger partial charge in [-0.1, -0.05) is 12.1 Å². The highest BCUT2D eigenvalue weighted by Gasteiger charge is 2.26. The molecule has 1 N–H and O–H groups in total. The Morgan fingerprint density at radius 2 is 2.11 bits per heavy atom. The molecule has 4 nitrogen and oxygen atoms in total. The van der Waals surface area contributed by atoms with Gasteiger partial charge in [-0.2, -0.15) is 5.10 Å². The summed E-state index contributed by atoms with van der Waals surface area (Å²) in [6, 6.07) is 9.06.